The van der Waals surface area contributed by atoms with Gasteiger partial charge in [-0.2, -0.15) is 5.10 Å². The summed E-state index contributed by atoms with van der Waals surface area (Å²) in [5.74, 6) is 0.790. The number of rotatable bonds is 10. The van der Waals surface area contributed by atoms with Crippen LogP contribution in [0.3, 0.4) is 0 Å². The fourth-order valence-corrected chi connectivity index (χ4v) is 2.82. The zero-order chi connectivity index (χ0) is 20.6. The summed E-state index contributed by atoms with van der Waals surface area (Å²) in [7, 11) is 0. The summed E-state index contributed by atoms with van der Waals surface area (Å²) < 4.78 is 12.7. The van der Waals surface area contributed by atoms with Crippen LogP contribution in [0.4, 0.5) is 0 Å². The number of unbranched alkanes of at least 4 members (excludes halogenated alkanes) is 1. The molecule has 0 radical (unpaired) electrons. The smallest absolute Gasteiger partial charge is 0.268 e. The molecule has 3 aromatic rings. The monoisotopic (exact) mass is 397 g/mol. The molecular weight excluding hydrogens is 370 g/mol. The molecule has 0 unspecified atom stereocenters. The van der Waals surface area contributed by atoms with Crippen LogP contribution in [0, 0.1) is 13.8 Å². The highest BCUT2D eigenvalue weighted by Crippen LogP contribution is 2.20. The first-order chi connectivity index (χ1) is 14.1. The Balaban J connectivity index is 1.56. The van der Waals surface area contributed by atoms with E-state index in [1.807, 2.05) is 25.1 Å². The molecule has 1 aromatic carbocycles. The van der Waals surface area contributed by atoms with Gasteiger partial charge in [-0.1, -0.05) is 13.3 Å². The van der Waals surface area contributed by atoms with Gasteiger partial charge in [-0.25, -0.2) is 4.68 Å². The highest BCUT2D eigenvalue weighted by molar-refractivity contribution is 5.94. The minimum Gasteiger partial charge on any atom is -0.420 e. The molecule has 0 aliphatic rings. The van der Waals surface area contributed by atoms with Crippen molar-refractivity contribution in [2.24, 2.45) is 0 Å². The summed E-state index contributed by atoms with van der Waals surface area (Å²) in [5, 5.41) is 15.3. The molecule has 0 atom stereocenters. The van der Waals surface area contributed by atoms with E-state index in [0.717, 1.165) is 37.3 Å². The van der Waals surface area contributed by atoms with Crippen molar-refractivity contribution in [3.63, 3.8) is 0 Å². The Labute approximate surface area is 170 Å². The summed E-state index contributed by atoms with van der Waals surface area (Å²) in [5.41, 5.74) is 3.01. The standard InChI is InChI=1S/C21H27N5O3/c1-4-5-12-28-13-6-11-22-20(27)17-7-9-18(10-8-17)26-15(2)14-19(25-26)21-24-23-16(3)29-21/h7-10,14H,4-6,11-13H2,1-3H3,(H,22,27). The first-order valence-corrected chi connectivity index (χ1v) is 9.92. The highest BCUT2D eigenvalue weighted by Gasteiger charge is 2.13. The lowest BCUT2D eigenvalue weighted by Crippen LogP contribution is -2.25. The number of ether oxygens (including phenoxy) is 1. The number of nitrogens with one attached hydrogen (secondary N) is 1. The fourth-order valence-electron chi connectivity index (χ4n) is 2.82. The van der Waals surface area contributed by atoms with E-state index in [1.54, 1.807) is 23.7 Å². The molecule has 154 valence electrons. The van der Waals surface area contributed by atoms with Gasteiger partial charge >= 0.3 is 0 Å². The molecule has 0 saturated heterocycles. The third kappa shape index (κ3) is 5.51. The zero-order valence-corrected chi connectivity index (χ0v) is 17.1. The van der Waals surface area contributed by atoms with Gasteiger partial charge in [0.25, 0.3) is 11.8 Å². The third-order valence-corrected chi connectivity index (χ3v) is 4.40. The SMILES string of the molecule is CCCCOCCCNC(=O)c1ccc(-n2nc(-c3nnc(C)o3)cc2C)cc1. The van der Waals surface area contributed by atoms with Gasteiger partial charge in [0.05, 0.1) is 5.69 Å². The van der Waals surface area contributed by atoms with Crippen LogP contribution in [0.2, 0.25) is 0 Å². The Morgan fingerprint density at radius 2 is 1.90 bits per heavy atom. The Morgan fingerprint density at radius 1 is 1.14 bits per heavy atom. The van der Waals surface area contributed by atoms with Gasteiger partial charge in [0.1, 0.15) is 5.69 Å². The lowest BCUT2D eigenvalue weighted by molar-refractivity contribution is 0.0940. The van der Waals surface area contributed by atoms with Crippen LogP contribution in [0.1, 0.15) is 48.1 Å². The van der Waals surface area contributed by atoms with Crippen molar-refractivity contribution in [3.8, 4) is 17.3 Å². The zero-order valence-electron chi connectivity index (χ0n) is 17.1. The average Bonchev–Trinajstić information content (AvgIpc) is 3.33. The summed E-state index contributed by atoms with van der Waals surface area (Å²) >= 11 is 0. The largest absolute Gasteiger partial charge is 0.420 e. The van der Waals surface area contributed by atoms with Crippen molar-refractivity contribution in [2.75, 3.05) is 19.8 Å². The normalized spacial score (nSPS) is 11.0. The maximum Gasteiger partial charge on any atom is 0.268 e. The number of hydrogen-bond acceptors (Lipinski definition) is 6. The summed E-state index contributed by atoms with van der Waals surface area (Å²) in [6, 6.07) is 9.20. The first-order valence-electron chi connectivity index (χ1n) is 9.92. The van der Waals surface area contributed by atoms with Crippen LogP contribution in [-0.4, -0.2) is 45.6 Å². The molecule has 1 N–H and O–H groups in total. The Hall–Kier alpha value is -3.00. The van der Waals surface area contributed by atoms with Gasteiger partial charge in [0, 0.05) is 37.9 Å². The van der Waals surface area contributed by atoms with Crippen molar-refractivity contribution in [2.45, 2.75) is 40.0 Å². The van der Waals surface area contributed by atoms with E-state index in [-0.39, 0.29) is 5.91 Å². The van der Waals surface area contributed by atoms with Crippen molar-refractivity contribution in [1.82, 2.24) is 25.3 Å². The second-order valence-electron chi connectivity index (χ2n) is 6.83. The van der Waals surface area contributed by atoms with Gasteiger partial charge < -0.3 is 14.5 Å². The molecule has 0 aliphatic carbocycles. The molecule has 3 rings (SSSR count). The van der Waals surface area contributed by atoms with Gasteiger partial charge in [-0.3, -0.25) is 4.79 Å². The van der Waals surface area contributed by atoms with Gasteiger partial charge in [0.15, 0.2) is 0 Å². The molecule has 0 aliphatic heterocycles. The van der Waals surface area contributed by atoms with Gasteiger partial charge in [-0.05, 0) is 50.1 Å². The van der Waals surface area contributed by atoms with Crippen molar-refractivity contribution in [3.05, 3.63) is 47.5 Å². The predicted octanol–water partition coefficient (Wildman–Crippen LogP) is 3.48. The van der Waals surface area contributed by atoms with Crippen LogP contribution in [0.25, 0.3) is 17.3 Å². The molecule has 8 heteroatoms. The summed E-state index contributed by atoms with van der Waals surface area (Å²) in [6.45, 7) is 7.87. The Kier molecular flexibility index (Phi) is 7.13. The van der Waals surface area contributed by atoms with Crippen LogP contribution in [0.5, 0.6) is 0 Å². The quantitative estimate of drug-likeness (QED) is 0.526. The van der Waals surface area contributed by atoms with Crippen LogP contribution < -0.4 is 5.32 Å². The van der Waals surface area contributed by atoms with Crippen molar-refractivity contribution < 1.29 is 13.9 Å². The summed E-state index contributed by atoms with van der Waals surface area (Å²) in [4.78, 5) is 12.3. The second-order valence-corrected chi connectivity index (χ2v) is 6.83. The van der Waals surface area contributed by atoms with Gasteiger partial charge in [0.2, 0.25) is 5.89 Å². The van der Waals surface area contributed by atoms with Crippen LogP contribution in [0.15, 0.2) is 34.7 Å². The predicted molar refractivity (Wildman–Crippen MR) is 109 cm³/mol. The average molecular weight is 397 g/mol. The molecule has 2 aromatic heterocycles. The van der Waals surface area contributed by atoms with Gasteiger partial charge in [-0.15, -0.1) is 10.2 Å². The van der Waals surface area contributed by atoms with Crippen LogP contribution in [-0.2, 0) is 4.74 Å². The molecule has 0 fully saturated rings. The number of carbonyl (C=O) groups excluding carboxylic acids is 1. The Bertz CT molecular complexity index is 930. The number of hydrogen-bond donors (Lipinski definition) is 1. The highest BCUT2D eigenvalue weighted by atomic mass is 16.5. The van der Waals surface area contributed by atoms with Crippen molar-refractivity contribution in [1.29, 1.82) is 0 Å². The number of carbonyl (C=O) groups is 1. The first kappa shape index (κ1) is 20.7. The summed E-state index contributed by atoms with van der Waals surface area (Å²) in [6.07, 6.45) is 3.01. The topological polar surface area (TPSA) is 95.1 Å². The number of amides is 1. The molecule has 1 amide bonds. The van der Waals surface area contributed by atoms with E-state index in [2.05, 4.69) is 27.5 Å². The van der Waals surface area contributed by atoms with E-state index < -0.39 is 0 Å². The number of benzene rings is 1. The van der Waals surface area contributed by atoms with E-state index >= 15 is 0 Å². The van der Waals surface area contributed by atoms with Crippen LogP contribution >= 0.6 is 0 Å². The second kappa shape index (κ2) is 9.97. The third-order valence-electron chi connectivity index (χ3n) is 4.40. The molecule has 0 saturated carbocycles. The van der Waals surface area contributed by atoms with Crippen molar-refractivity contribution >= 4 is 5.91 Å². The molecule has 0 bridgehead atoms. The van der Waals surface area contributed by atoms with E-state index in [1.165, 1.54) is 0 Å². The minimum absolute atomic E-state index is 0.0932. The molecule has 0 spiro atoms. The molecule has 8 nitrogen and oxygen atoms in total. The fraction of sp³-hybridized carbons (Fsp3) is 0.429. The maximum absolute atomic E-state index is 12.3. The minimum atomic E-state index is -0.0932. The number of aromatic nitrogens is 4. The lowest BCUT2D eigenvalue weighted by atomic mass is 10.2. The molecule has 29 heavy (non-hydrogen) atoms. The van der Waals surface area contributed by atoms with E-state index in [4.69, 9.17) is 9.15 Å². The molecule has 2 heterocycles. The molecular formula is C21H27N5O3. The number of aryl methyl sites for hydroxylation is 2. The Morgan fingerprint density at radius 3 is 2.59 bits per heavy atom. The number of nitrogens with zero attached hydrogens (tertiary/aromatic N) is 4. The van der Waals surface area contributed by atoms with E-state index in [0.29, 0.717) is 36.2 Å². The maximum atomic E-state index is 12.3. The lowest BCUT2D eigenvalue weighted by Gasteiger charge is -2.08. The van der Waals surface area contributed by atoms with E-state index in [9.17, 15) is 4.79 Å².